The lowest BCUT2D eigenvalue weighted by atomic mass is 9.56. The number of rotatable bonds is 2. The molecule has 2 aliphatic carbocycles. The Morgan fingerprint density at radius 3 is 2.21 bits per heavy atom. The van der Waals surface area contributed by atoms with Crippen molar-refractivity contribution in [2.75, 3.05) is 7.11 Å². The smallest absolute Gasteiger partial charge is 0.458 e. The molecule has 0 aromatic carbocycles. The van der Waals surface area contributed by atoms with E-state index >= 15 is 0 Å². The Bertz CT molecular complexity index is 256. The first-order chi connectivity index (χ1) is 6.55. The summed E-state index contributed by atoms with van der Waals surface area (Å²) < 4.78 is 4.78. The standard InChI is InChI=1S/C9H15BO4/c1-14-7(11)8-2-4-9(6-8,5-3-8)10(12)13/h12-13H,2-6H2,1H3. The van der Waals surface area contributed by atoms with Crippen molar-refractivity contribution in [3.05, 3.63) is 0 Å². The molecular formula is C9H15BO4. The minimum Gasteiger partial charge on any atom is -0.469 e. The van der Waals surface area contributed by atoms with Gasteiger partial charge in [-0.25, -0.2) is 0 Å². The number of methoxy groups -OCH3 is 1. The lowest BCUT2D eigenvalue weighted by Gasteiger charge is -2.25. The van der Waals surface area contributed by atoms with Gasteiger partial charge in [0.15, 0.2) is 0 Å². The third kappa shape index (κ3) is 1.12. The van der Waals surface area contributed by atoms with E-state index in [0.717, 1.165) is 25.7 Å². The van der Waals surface area contributed by atoms with Gasteiger partial charge in [-0.15, -0.1) is 0 Å². The van der Waals surface area contributed by atoms with Crippen LogP contribution in [0.15, 0.2) is 0 Å². The van der Waals surface area contributed by atoms with E-state index in [4.69, 9.17) is 4.74 Å². The summed E-state index contributed by atoms with van der Waals surface area (Å²) in [5.41, 5.74) is -0.418. The van der Waals surface area contributed by atoms with Gasteiger partial charge in [-0.3, -0.25) is 4.79 Å². The molecule has 78 valence electrons. The van der Waals surface area contributed by atoms with Crippen LogP contribution in [0.2, 0.25) is 5.31 Å². The van der Waals surface area contributed by atoms with Gasteiger partial charge in [0.05, 0.1) is 12.5 Å². The zero-order chi connectivity index (χ0) is 10.4. The summed E-state index contributed by atoms with van der Waals surface area (Å²) in [4.78, 5) is 11.6. The summed E-state index contributed by atoms with van der Waals surface area (Å²) in [5.74, 6) is -0.183. The van der Waals surface area contributed by atoms with Crippen molar-refractivity contribution in [1.29, 1.82) is 0 Å². The molecule has 14 heavy (non-hydrogen) atoms. The van der Waals surface area contributed by atoms with E-state index in [1.807, 2.05) is 0 Å². The molecule has 0 atom stereocenters. The van der Waals surface area contributed by atoms with Gasteiger partial charge in [-0.1, -0.05) is 0 Å². The Labute approximate surface area is 83.4 Å². The fourth-order valence-corrected chi connectivity index (χ4v) is 3.10. The molecule has 0 saturated heterocycles. The second kappa shape index (κ2) is 2.97. The Morgan fingerprint density at radius 2 is 1.86 bits per heavy atom. The van der Waals surface area contributed by atoms with Crippen LogP contribution in [0.1, 0.15) is 32.1 Å². The first-order valence-electron chi connectivity index (χ1n) is 4.99. The lowest BCUT2D eigenvalue weighted by Crippen LogP contribution is -2.29. The average molecular weight is 198 g/mol. The van der Waals surface area contributed by atoms with E-state index in [9.17, 15) is 14.8 Å². The predicted octanol–water partition coefficient (Wildman–Crippen LogP) is 0.337. The number of carbonyl (C=O) groups excluding carboxylic acids is 1. The molecule has 5 heteroatoms. The molecule has 0 aliphatic heterocycles. The molecule has 0 spiro atoms. The van der Waals surface area contributed by atoms with E-state index < -0.39 is 17.8 Å². The van der Waals surface area contributed by atoms with Crippen LogP contribution in [-0.4, -0.2) is 30.2 Å². The van der Waals surface area contributed by atoms with Crippen LogP contribution in [0, 0.1) is 5.41 Å². The first kappa shape index (κ1) is 9.99. The molecule has 2 N–H and O–H groups in total. The summed E-state index contributed by atoms with van der Waals surface area (Å²) in [6.07, 6.45) is 3.48. The number of hydrogen-bond donors (Lipinski definition) is 2. The fourth-order valence-electron chi connectivity index (χ4n) is 3.10. The molecule has 4 nitrogen and oxygen atoms in total. The Balaban J connectivity index is 2.20. The maximum absolute atomic E-state index is 11.6. The summed E-state index contributed by atoms with van der Waals surface area (Å²) in [6.45, 7) is 0. The fraction of sp³-hybridized carbons (Fsp3) is 0.889. The minimum absolute atomic E-state index is 0.183. The number of ether oxygens (including phenoxy) is 1. The Hall–Kier alpha value is -0.545. The predicted molar refractivity (Wildman–Crippen MR) is 50.4 cm³/mol. The largest absolute Gasteiger partial charge is 0.469 e. The lowest BCUT2D eigenvalue weighted by molar-refractivity contribution is -0.152. The van der Waals surface area contributed by atoms with Crippen LogP contribution in [0.5, 0.6) is 0 Å². The van der Waals surface area contributed by atoms with E-state index in [-0.39, 0.29) is 5.97 Å². The first-order valence-corrected chi connectivity index (χ1v) is 4.99. The maximum Gasteiger partial charge on any atom is 0.458 e. The number of carbonyl (C=O) groups is 1. The van der Waals surface area contributed by atoms with E-state index in [1.54, 1.807) is 0 Å². The SMILES string of the molecule is COC(=O)C12CCC(B(O)O)(CC1)C2. The van der Waals surface area contributed by atoms with Crippen molar-refractivity contribution in [2.45, 2.75) is 37.4 Å². The normalized spacial score (nSPS) is 39.9. The molecular weight excluding hydrogens is 183 g/mol. The van der Waals surface area contributed by atoms with Crippen LogP contribution < -0.4 is 0 Å². The molecule has 2 fully saturated rings. The molecule has 2 saturated carbocycles. The highest BCUT2D eigenvalue weighted by atomic mass is 16.5. The molecule has 0 aromatic rings. The van der Waals surface area contributed by atoms with Crippen molar-refractivity contribution in [1.82, 2.24) is 0 Å². The molecule has 2 rings (SSSR count). The minimum atomic E-state index is -1.29. The highest BCUT2D eigenvalue weighted by Crippen LogP contribution is 2.66. The Morgan fingerprint density at radius 1 is 1.29 bits per heavy atom. The molecule has 2 bridgehead atoms. The number of hydrogen-bond acceptors (Lipinski definition) is 4. The van der Waals surface area contributed by atoms with E-state index in [2.05, 4.69) is 0 Å². The molecule has 0 radical (unpaired) electrons. The summed E-state index contributed by atoms with van der Waals surface area (Å²) >= 11 is 0. The van der Waals surface area contributed by atoms with Crippen molar-refractivity contribution in [2.24, 2.45) is 5.41 Å². The van der Waals surface area contributed by atoms with E-state index in [0.29, 0.717) is 6.42 Å². The van der Waals surface area contributed by atoms with Crippen LogP contribution in [0.3, 0.4) is 0 Å². The average Bonchev–Trinajstić information content (AvgIpc) is 2.74. The van der Waals surface area contributed by atoms with Gasteiger partial charge in [0, 0.05) is 5.31 Å². The number of fused-ring (bicyclic) bond motifs is 2. The van der Waals surface area contributed by atoms with E-state index in [1.165, 1.54) is 7.11 Å². The second-order valence-electron chi connectivity index (χ2n) is 4.68. The van der Waals surface area contributed by atoms with Gasteiger partial charge in [-0.2, -0.15) is 0 Å². The van der Waals surface area contributed by atoms with Gasteiger partial charge >= 0.3 is 13.1 Å². The topological polar surface area (TPSA) is 66.8 Å². The summed E-state index contributed by atoms with van der Waals surface area (Å²) in [6, 6.07) is 0. The number of esters is 1. The zero-order valence-electron chi connectivity index (χ0n) is 8.32. The van der Waals surface area contributed by atoms with Crippen LogP contribution in [0.4, 0.5) is 0 Å². The van der Waals surface area contributed by atoms with Gasteiger partial charge in [0.1, 0.15) is 0 Å². The van der Waals surface area contributed by atoms with Crippen molar-refractivity contribution in [3.63, 3.8) is 0 Å². The molecule has 0 unspecified atom stereocenters. The quantitative estimate of drug-likeness (QED) is 0.495. The third-order valence-electron chi connectivity index (χ3n) is 4.06. The molecule has 0 amide bonds. The summed E-state index contributed by atoms with van der Waals surface area (Å²) in [7, 11) is 0.0987. The maximum atomic E-state index is 11.6. The Kier molecular flexibility index (Phi) is 2.12. The highest BCUT2D eigenvalue weighted by molar-refractivity contribution is 6.46. The summed E-state index contributed by atoms with van der Waals surface area (Å²) in [5, 5.41) is 18.2. The monoisotopic (exact) mass is 198 g/mol. The highest BCUT2D eigenvalue weighted by Gasteiger charge is 2.62. The van der Waals surface area contributed by atoms with Gasteiger partial charge in [0.2, 0.25) is 0 Å². The molecule has 2 aliphatic rings. The van der Waals surface area contributed by atoms with Gasteiger partial charge in [0.25, 0.3) is 0 Å². The van der Waals surface area contributed by atoms with Crippen LogP contribution in [0.25, 0.3) is 0 Å². The second-order valence-corrected chi connectivity index (χ2v) is 4.68. The van der Waals surface area contributed by atoms with Crippen molar-refractivity contribution in [3.8, 4) is 0 Å². The molecule has 0 aromatic heterocycles. The van der Waals surface area contributed by atoms with Gasteiger partial charge in [-0.05, 0) is 32.1 Å². The van der Waals surface area contributed by atoms with Crippen LogP contribution >= 0.6 is 0 Å². The van der Waals surface area contributed by atoms with Crippen molar-refractivity contribution < 1.29 is 19.6 Å². The third-order valence-corrected chi connectivity index (χ3v) is 4.06. The zero-order valence-corrected chi connectivity index (χ0v) is 8.32. The van der Waals surface area contributed by atoms with Gasteiger partial charge < -0.3 is 14.8 Å². The van der Waals surface area contributed by atoms with Crippen LogP contribution in [-0.2, 0) is 9.53 Å². The molecule has 0 heterocycles. The van der Waals surface area contributed by atoms with Crippen molar-refractivity contribution >= 4 is 13.1 Å².